The minimum absolute atomic E-state index is 0.0718. The molecule has 0 saturated heterocycles. The molecule has 0 aromatic carbocycles. The number of rotatable bonds is 7. The maximum Gasteiger partial charge on any atom is 0.159 e. The van der Waals surface area contributed by atoms with Gasteiger partial charge in [0.1, 0.15) is 6.29 Å². The van der Waals surface area contributed by atoms with E-state index in [9.17, 15) is 9.90 Å². The van der Waals surface area contributed by atoms with Crippen LogP contribution in [0.1, 0.15) is 26.7 Å². The Balaban J connectivity index is 2.21. The number of ether oxygens (including phenoxy) is 2. The molecule has 0 bridgehead atoms. The third-order valence-corrected chi connectivity index (χ3v) is 2.70. The summed E-state index contributed by atoms with van der Waals surface area (Å²) < 4.78 is 10.5. The van der Waals surface area contributed by atoms with Gasteiger partial charge in [-0.3, -0.25) is 0 Å². The van der Waals surface area contributed by atoms with Crippen LogP contribution >= 0.6 is 0 Å². The highest BCUT2D eigenvalue weighted by Gasteiger charge is 2.42. The molecule has 1 fully saturated rings. The molecule has 1 aliphatic rings. The van der Waals surface area contributed by atoms with Crippen LogP contribution in [0.4, 0.5) is 0 Å². The van der Waals surface area contributed by atoms with Crippen molar-refractivity contribution in [3.05, 3.63) is 0 Å². The average Bonchev–Trinajstić information content (AvgIpc) is 2.89. The summed E-state index contributed by atoms with van der Waals surface area (Å²) in [6, 6.07) is 0. The van der Waals surface area contributed by atoms with E-state index in [1.165, 1.54) is 0 Å². The van der Waals surface area contributed by atoms with Gasteiger partial charge >= 0.3 is 0 Å². The van der Waals surface area contributed by atoms with Crippen LogP contribution < -0.4 is 0 Å². The van der Waals surface area contributed by atoms with Gasteiger partial charge in [0, 0.05) is 13.0 Å². The lowest BCUT2D eigenvalue weighted by molar-refractivity contribution is -0.180. The first kappa shape index (κ1) is 12.6. The van der Waals surface area contributed by atoms with E-state index in [-0.39, 0.29) is 12.0 Å². The summed E-state index contributed by atoms with van der Waals surface area (Å²) in [6.07, 6.45) is 2.70. The summed E-state index contributed by atoms with van der Waals surface area (Å²) in [7, 11) is 1.65. The Hall–Kier alpha value is -0.450. The molecular formula is C11H20O4. The predicted octanol–water partition coefficient (Wildman–Crippen LogP) is 0.971. The smallest absolute Gasteiger partial charge is 0.159 e. The molecule has 3 unspecified atom stereocenters. The molecule has 1 N–H and O–H groups in total. The SMILES string of the molecule is COC(CCOC(C)(C)O)C1CC1C=O. The molecule has 4 heteroatoms. The maximum atomic E-state index is 10.5. The number of aliphatic hydroxyl groups is 1. The number of aldehydes is 1. The van der Waals surface area contributed by atoms with E-state index >= 15 is 0 Å². The highest BCUT2D eigenvalue weighted by atomic mass is 16.6. The van der Waals surface area contributed by atoms with Crippen molar-refractivity contribution in [1.29, 1.82) is 0 Å². The Morgan fingerprint density at radius 3 is 2.67 bits per heavy atom. The van der Waals surface area contributed by atoms with Crippen molar-refractivity contribution in [2.45, 2.75) is 38.6 Å². The first-order valence-corrected chi connectivity index (χ1v) is 5.32. The molecule has 88 valence electrons. The summed E-state index contributed by atoms with van der Waals surface area (Å²) in [5.74, 6) is -0.582. The van der Waals surface area contributed by atoms with Crippen LogP contribution in [0.2, 0.25) is 0 Å². The second kappa shape index (κ2) is 5.05. The normalized spacial score (nSPS) is 27.5. The summed E-state index contributed by atoms with van der Waals surface area (Å²) in [6.45, 7) is 3.64. The lowest BCUT2D eigenvalue weighted by Crippen LogP contribution is -2.26. The first-order chi connectivity index (χ1) is 6.98. The number of carbonyl (C=O) groups is 1. The van der Waals surface area contributed by atoms with Gasteiger partial charge in [-0.05, 0) is 32.6 Å². The third-order valence-electron chi connectivity index (χ3n) is 2.70. The van der Waals surface area contributed by atoms with Gasteiger partial charge < -0.3 is 19.4 Å². The average molecular weight is 216 g/mol. The van der Waals surface area contributed by atoms with Crippen molar-refractivity contribution in [3.8, 4) is 0 Å². The molecule has 0 aliphatic heterocycles. The monoisotopic (exact) mass is 216 g/mol. The summed E-state index contributed by atoms with van der Waals surface area (Å²) in [4.78, 5) is 10.5. The van der Waals surface area contributed by atoms with Crippen molar-refractivity contribution >= 4 is 6.29 Å². The van der Waals surface area contributed by atoms with Crippen molar-refractivity contribution < 1.29 is 19.4 Å². The van der Waals surface area contributed by atoms with Gasteiger partial charge in [0.15, 0.2) is 5.79 Å². The number of hydrogen-bond acceptors (Lipinski definition) is 4. The number of methoxy groups -OCH3 is 1. The molecule has 0 radical (unpaired) electrons. The molecule has 1 saturated carbocycles. The van der Waals surface area contributed by atoms with Crippen LogP contribution in [0.5, 0.6) is 0 Å². The highest BCUT2D eigenvalue weighted by Crippen LogP contribution is 2.41. The number of carbonyl (C=O) groups excluding carboxylic acids is 1. The first-order valence-electron chi connectivity index (χ1n) is 5.32. The van der Waals surface area contributed by atoms with Crippen LogP contribution in [0.25, 0.3) is 0 Å². The zero-order chi connectivity index (χ0) is 11.5. The highest BCUT2D eigenvalue weighted by molar-refractivity contribution is 5.58. The van der Waals surface area contributed by atoms with E-state index in [1.54, 1.807) is 21.0 Å². The fourth-order valence-corrected chi connectivity index (χ4v) is 1.75. The van der Waals surface area contributed by atoms with Crippen LogP contribution in [-0.4, -0.2) is 37.0 Å². The second-order valence-corrected chi connectivity index (χ2v) is 4.56. The molecule has 0 spiro atoms. The minimum atomic E-state index is -1.09. The van der Waals surface area contributed by atoms with Gasteiger partial charge in [-0.25, -0.2) is 0 Å². The molecule has 1 aliphatic carbocycles. The van der Waals surface area contributed by atoms with Crippen molar-refractivity contribution in [2.24, 2.45) is 11.8 Å². The topological polar surface area (TPSA) is 55.8 Å². The van der Waals surface area contributed by atoms with Crippen LogP contribution in [0.15, 0.2) is 0 Å². The lowest BCUT2D eigenvalue weighted by atomic mass is 10.1. The van der Waals surface area contributed by atoms with Gasteiger partial charge in [0.25, 0.3) is 0 Å². The Labute approximate surface area is 90.6 Å². The molecule has 0 heterocycles. The van der Waals surface area contributed by atoms with E-state index in [1.807, 2.05) is 0 Å². The predicted molar refractivity (Wildman–Crippen MR) is 55.3 cm³/mol. The van der Waals surface area contributed by atoms with E-state index in [4.69, 9.17) is 9.47 Å². The Morgan fingerprint density at radius 1 is 1.60 bits per heavy atom. The zero-order valence-corrected chi connectivity index (χ0v) is 9.60. The minimum Gasteiger partial charge on any atom is -0.381 e. The van der Waals surface area contributed by atoms with Gasteiger partial charge in [0.2, 0.25) is 0 Å². The Kier molecular flexibility index (Phi) is 4.25. The van der Waals surface area contributed by atoms with Crippen molar-refractivity contribution in [1.82, 2.24) is 0 Å². The maximum absolute atomic E-state index is 10.5. The van der Waals surface area contributed by atoms with Crippen LogP contribution in [0, 0.1) is 11.8 Å². The van der Waals surface area contributed by atoms with Gasteiger partial charge in [-0.1, -0.05) is 0 Å². The molecule has 0 amide bonds. The van der Waals surface area contributed by atoms with E-state index in [0.29, 0.717) is 12.5 Å². The summed E-state index contributed by atoms with van der Waals surface area (Å²) in [5, 5.41) is 9.34. The van der Waals surface area contributed by atoms with Gasteiger partial charge in [-0.2, -0.15) is 0 Å². The third kappa shape index (κ3) is 4.28. The number of hydrogen-bond donors (Lipinski definition) is 1. The largest absolute Gasteiger partial charge is 0.381 e. The van der Waals surface area contributed by atoms with Gasteiger partial charge in [0.05, 0.1) is 12.7 Å². The summed E-state index contributed by atoms with van der Waals surface area (Å²) >= 11 is 0. The van der Waals surface area contributed by atoms with Crippen molar-refractivity contribution in [3.63, 3.8) is 0 Å². The molecule has 1 rings (SSSR count). The molecule has 15 heavy (non-hydrogen) atoms. The molecule has 0 aromatic rings. The van der Waals surface area contributed by atoms with Crippen molar-refractivity contribution in [2.75, 3.05) is 13.7 Å². The molecule has 4 nitrogen and oxygen atoms in total. The van der Waals surface area contributed by atoms with E-state index in [2.05, 4.69) is 0 Å². The standard InChI is InChI=1S/C11H20O4/c1-11(2,13)15-5-4-10(14-3)9-6-8(9)7-12/h7-10,13H,4-6H2,1-3H3. The van der Waals surface area contributed by atoms with Gasteiger partial charge in [-0.15, -0.1) is 0 Å². The molecule has 0 aromatic heterocycles. The second-order valence-electron chi connectivity index (χ2n) is 4.56. The van der Waals surface area contributed by atoms with E-state index < -0.39 is 5.79 Å². The van der Waals surface area contributed by atoms with Crippen LogP contribution in [-0.2, 0) is 14.3 Å². The van der Waals surface area contributed by atoms with E-state index in [0.717, 1.165) is 19.1 Å². The van der Waals surface area contributed by atoms with Crippen LogP contribution in [0.3, 0.4) is 0 Å². The fraction of sp³-hybridized carbons (Fsp3) is 0.909. The molecular weight excluding hydrogens is 196 g/mol. The Morgan fingerprint density at radius 2 is 2.27 bits per heavy atom. The Bertz CT molecular complexity index is 209. The lowest BCUT2D eigenvalue weighted by Gasteiger charge is -2.20. The summed E-state index contributed by atoms with van der Waals surface area (Å²) in [5.41, 5.74) is 0. The zero-order valence-electron chi connectivity index (χ0n) is 9.60. The quantitative estimate of drug-likeness (QED) is 0.509. The molecule has 3 atom stereocenters. The fourth-order valence-electron chi connectivity index (χ4n) is 1.75.